The maximum atomic E-state index is 12.6. The van der Waals surface area contributed by atoms with Gasteiger partial charge in [-0.3, -0.25) is 18.7 Å². The Morgan fingerprint density at radius 2 is 2.04 bits per heavy atom. The lowest BCUT2D eigenvalue weighted by Crippen LogP contribution is -2.41. The second-order valence-corrected chi connectivity index (χ2v) is 5.69. The third-order valence-corrected chi connectivity index (χ3v) is 4.11. The van der Waals surface area contributed by atoms with E-state index in [0.717, 1.165) is 4.57 Å². The number of aromatic nitrogens is 4. The van der Waals surface area contributed by atoms with E-state index in [1.165, 1.54) is 24.7 Å². The zero-order valence-electron chi connectivity index (χ0n) is 13.1. The molecule has 2 aromatic rings. The van der Waals surface area contributed by atoms with Crippen LogP contribution < -0.4 is 11.2 Å². The minimum Gasteiger partial charge on any atom is -0.339 e. The standard InChI is InChI=1S/C14H17N5O4/c1-8-15-12(23-16-8)9-4-5-19(7-9)13(21)10-6-11(20)18(3)14(22)17(10)2/h6,9H,4-5,7H2,1-3H3/t9-/m0/s1. The fourth-order valence-corrected chi connectivity index (χ4v) is 2.73. The number of carbonyl (C=O) groups is 1. The van der Waals surface area contributed by atoms with Crippen LogP contribution in [0.5, 0.6) is 0 Å². The second kappa shape index (κ2) is 5.49. The Kier molecular flexibility index (Phi) is 3.63. The number of rotatable bonds is 2. The number of hydrogen-bond donors (Lipinski definition) is 0. The molecule has 0 bridgehead atoms. The van der Waals surface area contributed by atoms with Gasteiger partial charge in [0.25, 0.3) is 11.5 Å². The Balaban J connectivity index is 1.85. The first kappa shape index (κ1) is 15.2. The molecule has 2 aromatic heterocycles. The highest BCUT2D eigenvalue weighted by atomic mass is 16.5. The van der Waals surface area contributed by atoms with Crippen molar-refractivity contribution >= 4 is 5.91 Å². The number of hydrogen-bond acceptors (Lipinski definition) is 6. The zero-order valence-corrected chi connectivity index (χ0v) is 13.1. The molecule has 1 saturated heterocycles. The molecule has 9 heteroatoms. The van der Waals surface area contributed by atoms with Crippen LogP contribution in [0.2, 0.25) is 0 Å². The van der Waals surface area contributed by atoms with Gasteiger partial charge in [-0.25, -0.2) is 4.79 Å². The van der Waals surface area contributed by atoms with Crippen molar-refractivity contribution in [1.29, 1.82) is 0 Å². The Morgan fingerprint density at radius 3 is 2.70 bits per heavy atom. The first-order valence-electron chi connectivity index (χ1n) is 7.25. The molecular weight excluding hydrogens is 302 g/mol. The van der Waals surface area contributed by atoms with Crippen molar-refractivity contribution in [2.75, 3.05) is 13.1 Å². The fraction of sp³-hybridized carbons (Fsp3) is 0.500. The molecular formula is C14H17N5O4. The SMILES string of the molecule is Cc1noc([C@H]2CCN(C(=O)c3cc(=O)n(C)c(=O)n3C)C2)n1. The lowest BCUT2D eigenvalue weighted by atomic mass is 10.1. The van der Waals surface area contributed by atoms with E-state index in [4.69, 9.17) is 4.52 Å². The van der Waals surface area contributed by atoms with E-state index < -0.39 is 11.2 Å². The van der Waals surface area contributed by atoms with Crippen LogP contribution in [0.15, 0.2) is 20.2 Å². The van der Waals surface area contributed by atoms with E-state index >= 15 is 0 Å². The molecule has 0 unspecified atom stereocenters. The summed E-state index contributed by atoms with van der Waals surface area (Å²) >= 11 is 0. The molecule has 0 N–H and O–H groups in total. The summed E-state index contributed by atoms with van der Waals surface area (Å²) in [6.45, 7) is 2.67. The van der Waals surface area contributed by atoms with Gasteiger partial charge in [0.2, 0.25) is 5.89 Å². The summed E-state index contributed by atoms with van der Waals surface area (Å²) in [7, 11) is 2.85. The predicted octanol–water partition coefficient (Wildman–Crippen LogP) is -0.595. The highest BCUT2D eigenvalue weighted by Crippen LogP contribution is 2.26. The second-order valence-electron chi connectivity index (χ2n) is 5.69. The molecule has 3 rings (SSSR count). The third-order valence-electron chi connectivity index (χ3n) is 4.11. The normalized spacial score (nSPS) is 17.7. The van der Waals surface area contributed by atoms with E-state index in [1.807, 2.05) is 0 Å². The molecule has 9 nitrogen and oxygen atoms in total. The first-order chi connectivity index (χ1) is 10.9. The molecule has 1 aliphatic rings. The van der Waals surface area contributed by atoms with Crippen LogP contribution in [0.3, 0.4) is 0 Å². The summed E-state index contributed by atoms with van der Waals surface area (Å²) in [5.74, 6) is 0.694. The Morgan fingerprint density at radius 1 is 1.30 bits per heavy atom. The summed E-state index contributed by atoms with van der Waals surface area (Å²) < 4.78 is 7.30. The average molecular weight is 319 g/mol. The maximum absolute atomic E-state index is 12.6. The fourth-order valence-electron chi connectivity index (χ4n) is 2.73. The van der Waals surface area contributed by atoms with Crippen molar-refractivity contribution in [3.63, 3.8) is 0 Å². The Labute approximate surface area is 131 Å². The summed E-state index contributed by atoms with van der Waals surface area (Å²) in [6.07, 6.45) is 0.701. The molecule has 3 heterocycles. The van der Waals surface area contributed by atoms with Gasteiger partial charge in [0.15, 0.2) is 5.82 Å². The molecule has 1 fully saturated rings. The lowest BCUT2D eigenvalue weighted by Gasteiger charge is -2.17. The van der Waals surface area contributed by atoms with E-state index in [-0.39, 0.29) is 17.5 Å². The summed E-state index contributed by atoms with van der Waals surface area (Å²) in [5, 5.41) is 3.76. The van der Waals surface area contributed by atoms with Gasteiger partial charge < -0.3 is 9.42 Å². The number of carbonyl (C=O) groups excluding carboxylic acids is 1. The predicted molar refractivity (Wildman–Crippen MR) is 79.2 cm³/mol. The van der Waals surface area contributed by atoms with Crippen molar-refractivity contribution in [1.82, 2.24) is 24.2 Å². The van der Waals surface area contributed by atoms with Crippen LogP contribution in [-0.2, 0) is 14.1 Å². The first-order valence-corrected chi connectivity index (χ1v) is 7.25. The summed E-state index contributed by atoms with van der Waals surface area (Å²) in [6, 6.07) is 1.19. The molecule has 0 saturated carbocycles. The lowest BCUT2D eigenvalue weighted by molar-refractivity contribution is 0.0777. The molecule has 0 radical (unpaired) electrons. The van der Waals surface area contributed by atoms with Crippen LogP contribution in [-0.4, -0.2) is 43.2 Å². The van der Waals surface area contributed by atoms with Crippen LogP contribution >= 0.6 is 0 Å². The monoisotopic (exact) mass is 319 g/mol. The van der Waals surface area contributed by atoms with Crippen LogP contribution in [0, 0.1) is 6.92 Å². The van der Waals surface area contributed by atoms with Crippen molar-refractivity contribution in [3.05, 3.63) is 44.3 Å². The maximum Gasteiger partial charge on any atom is 0.331 e. The molecule has 1 aliphatic heterocycles. The minimum atomic E-state index is -0.524. The summed E-state index contributed by atoms with van der Waals surface area (Å²) in [5.41, 5.74) is -0.940. The highest BCUT2D eigenvalue weighted by Gasteiger charge is 2.32. The van der Waals surface area contributed by atoms with E-state index in [9.17, 15) is 14.4 Å². The van der Waals surface area contributed by atoms with Crippen molar-refractivity contribution in [3.8, 4) is 0 Å². The quantitative estimate of drug-likeness (QED) is 0.732. The van der Waals surface area contributed by atoms with Gasteiger partial charge in [-0.15, -0.1) is 0 Å². The number of likely N-dealkylation sites (tertiary alicyclic amines) is 1. The topological polar surface area (TPSA) is 103 Å². The van der Waals surface area contributed by atoms with Crippen LogP contribution in [0.1, 0.15) is 34.5 Å². The van der Waals surface area contributed by atoms with Gasteiger partial charge in [0.05, 0.1) is 5.92 Å². The van der Waals surface area contributed by atoms with Gasteiger partial charge in [-0.05, 0) is 13.3 Å². The Bertz CT molecular complexity index is 878. The summed E-state index contributed by atoms with van der Waals surface area (Å²) in [4.78, 5) is 42.1. The molecule has 23 heavy (non-hydrogen) atoms. The molecule has 0 spiro atoms. The van der Waals surface area contributed by atoms with E-state index in [1.54, 1.807) is 11.8 Å². The molecule has 122 valence electrons. The van der Waals surface area contributed by atoms with Crippen molar-refractivity contribution in [2.45, 2.75) is 19.3 Å². The molecule has 1 amide bonds. The van der Waals surface area contributed by atoms with E-state index in [0.29, 0.717) is 31.2 Å². The third kappa shape index (κ3) is 2.58. The van der Waals surface area contributed by atoms with Gasteiger partial charge in [-0.2, -0.15) is 4.98 Å². The molecule has 0 aromatic carbocycles. The number of aryl methyl sites for hydroxylation is 1. The van der Waals surface area contributed by atoms with Gasteiger partial charge in [0, 0.05) is 33.3 Å². The molecule has 0 aliphatic carbocycles. The minimum absolute atomic E-state index is 0.0243. The number of amides is 1. The smallest absolute Gasteiger partial charge is 0.331 e. The van der Waals surface area contributed by atoms with Crippen LogP contribution in [0.25, 0.3) is 0 Å². The van der Waals surface area contributed by atoms with Gasteiger partial charge >= 0.3 is 5.69 Å². The largest absolute Gasteiger partial charge is 0.339 e. The van der Waals surface area contributed by atoms with Crippen LogP contribution in [0.4, 0.5) is 0 Å². The molecule has 1 atom stereocenters. The average Bonchev–Trinajstić information content (AvgIpc) is 3.17. The zero-order chi connectivity index (χ0) is 16.7. The Hall–Kier alpha value is -2.71. The highest BCUT2D eigenvalue weighted by molar-refractivity contribution is 5.92. The van der Waals surface area contributed by atoms with Crippen molar-refractivity contribution < 1.29 is 9.32 Å². The van der Waals surface area contributed by atoms with Gasteiger partial charge in [0.1, 0.15) is 5.69 Å². The van der Waals surface area contributed by atoms with Crippen molar-refractivity contribution in [2.24, 2.45) is 14.1 Å². The van der Waals surface area contributed by atoms with Gasteiger partial charge in [-0.1, -0.05) is 5.16 Å². The number of nitrogens with zero attached hydrogens (tertiary/aromatic N) is 5. The van der Waals surface area contributed by atoms with E-state index in [2.05, 4.69) is 10.1 Å².